The highest BCUT2D eigenvalue weighted by atomic mass is 16.6. The maximum absolute atomic E-state index is 10.7. The van der Waals surface area contributed by atoms with E-state index in [4.69, 9.17) is 5.84 Å². The van der Waals surface area contributed by atoms with Crippen molar-refractivity contribution in [2.45, 2.75) is 6.54 Å². The SMILES string of the molecule is NNc1ccc([N+](=O)[O-])cc1Cn1cccn1. The van der Waals surface area contributed by atoms with Crippen LogP contribution in [0.15, 0.2) is 36.7 Å². The molecule has 0 unspecified atom stereocenters. The Morgan fingerprint density at radius 2 is 2.35 bits per heavy atom. The molecule has 0 aliphatic heterocycles. The van der Waals surface area contributed by atoms with Gasteiger partial charge in [-0.3, -0.25) is 20.6 Å². The number of benzene rings is 1. The molecule has 2 rings (SSSR count). The van der Waals surface area contributed by atoms with E-state index in [1.54, 1.807) is 29.2 Å². The highest BCUT2D eigenvalue weighted by Gasteiger charge is 2.10. The predicted octanol–water partition coefficient (Wildman–Crippen LogP) is 1.13. The third-order valence-corrected chi connectivity index (χ3v) is 2.35. The Balaban J connectivity index is 2.35. The van der Waals surface area contributed by atoms with Crippen molar-refractivity contribution in [2.75, 3.05) is 5.43 Å². The molecule has 1 heterocycles. The van der Waals surface area contributed by atoms with Gasteiger partial charge in [-0.25, -0.2) is 0 Å². The van der Waals surface area contributed by atoms with Gasteiger partial charge >= 0.3 is 0 Å². The average molecular weight is 233 g/mol. The van der Waals surface area contributed by atoms with Crippen LogP contribution in [-0.2, 0) is 6.54 Å². The van der Waals surface area contributed by atoms with Gasteiger partial charge in [-0.15, -0.1) is 0 Å². The van der Waals surface area contributed by atoms with Crippen LogP contribution in [0.25, 0.3) is 0 Å². The van der Waals surface area contributed by atoms with Gasteiger partial charge in [0.15, 0.2) is 0 Å². The third-order valence-electron chi connectivity index (χ3n) is 2.35. The monoisotopic (exact) mass is 233 g/mol. The van der Waals surface area contributed by atoms with Crippen LogP contribution in [0.5, 0.6) is 0 Å². The highest BCUT2D eigenvalue weighted by molar-refractivity contribution is 5.55. The summed E-state index contributed by atoms with van der Waals surface area (Å²) in [5, 5.41) is 14.7. The maximum atomic E-state index is 10.7. The van der Waals surface area contributed by atoms with Crippen molar-refractivity contribution in [3.8, 4) is 0 Å². The van der Waals surface area contributed by atoms with Crippen molar-refractivity contribution in [1.82, 2.24) is 9.78 Å². The standard InChI is InChI=1S/C10H11N5O2/c11-13-10-3-2-9(15(16)17)6-8(10)7-14-5-1-4-12-14/h1-6,13H,7,11H2. The summed E-state index contributed by atoms with van der Waals surface area (Å²) in [5.74, 6) is 5.36. The van der Waals surface area contributed by atoms with Crippen LogP contribution >= 0.6 is 0 Å². The summed E-state index contributed by atoms with van der Waals surface area (Å²) in [4.78, 5) is 10.2. The van der Waals surface area contributed by atoms with Gasteiger partial charge in [-0.2, -0.15) is 5.10 Å². The van der Waals surface area contributed by atoms with Crippen molar-refractivity contribution < 1.29 is 4.92 Å². The summed E-state index contributed by atoms with van der Waals surface area (Å²) in [6.07, 6.45) is 3.42. The van der Waals surface area contributed by atoms with Crippen LogP contribution in [0.4, 0.5) is 11.4 Å². The molecule has 0 aliphatic rings. The predicted molar refractivity (Wildman–Crippen MR) is 62.2 cm³/mol. The summed E-state index contributed by atoms with van der Waals surface area (Å²) in [6.45, 7) is 0.425. The number of hydrogen-bond acceptors (Lipinski definition) is 5. The zero-order valence-electron chi connectivity index (χ0n) is 8.91. The second-order valence-electron chi connectivity index (χ2n) is 3.45. The molecule has 0 radical (unpaired) electrons. The van der Waals surface area contributed by atoms with Crippen LogP contribution in [0.3, 0.4) is 0 Å². The number of nitrogens with two attached hydrogens (primary N) is 1. The lowest BCUT2D eigenvalue weighted by Crippen LogP contribution is -2.11. The van der Waals surface area contributed by atoms with E-state index in [1.807, 2.05) is 0 Å². The molecule has 0 bridgehead atoms. The number of hydrazine groups is 1. The average Bonchev–Trinajstić information content (AvgIpc) is 2.81. The van der Waals surface area contributed by atoms with E-state index in [0.29, 0.717) is 17.8 Å². The van der Waals surface area contributed by atoms with E-state index in [-0.39, 0.29) is 5.69 Å². The Bertz CT molecular complexity index is 523. The van der Waals surface area contributed by atoms with Crippen molar-refractivity contribution in [3.05, 3.63) is 52.3 Å². The molecule has 3 N–H and O–H groups in total. The van der Waals surface area contributed by atoms with Crippen LogP contribution in [0.1, 0.15) is 5.56 Å². The number of rotatable bonds is 4. The molecule has 0 saturated carbocycles. The highest BCUT2D eigenvalue weighted by Crippen LogP contribution is 2.22. The Hall–Kier alpha value is -2.41. The molecule has 1 aromatic heterocycles. The van der Waals surface area contributed by atoms with Gasteiger partial charge in [0.25, 0.3) is 5.69 Å². The molecular weight excluding hydrogens is 222 g/mol. The number of anilines is 1. The fourth-order valence-corrected chi connectivity index (χ4v) is 1.53. The molecule has 0 aliphatic carbocycles. The van der Waals surface area contributed by atoms with Crippen molar-refractivity contribution in [2.24, 2.45) is 5.84 Å². The second kappa shape index (κ2) is 4.62. The second-order valence-corrected chi connectivity index (χ2v) is 3.45. The van der Waals surface area contributed by atoms with E-state index in [9.17, 15) is 10.1 Å². The molecule has 7 heteroatoms. The van der Waals surface area contributed by atoms with Crippen molar-refractivity contribution in [1.29, 1.82) is 0 Å². The fraction of sp³-hybridized carbons (Fsp3) is 0.100. The lowest BCUT2D eigenvalue weighted by Gasteiger charge is -2.08. The largest absolute Gasteiger partial charge is 0.324 e. The number of nitrogen functional groups attached to an aromatic ring is 1. The molecule has 7 nitrogen and oxygen atoms in total. The number of nitrogens with zero attached hydrogens (tertiary/aromatic N) is 3. The number of nitro benzene ring substituents is 1. The topological polar surface area (TPSA) is 99.0 Å². The molecule has 17 heavy (non-hydrogen) atoms. The normalized spacial score (nSPS) is 10.2. The Kier molecular flexibility index (Phi) is 3.01. The molecule has 0 saturated heterocycles. The van der Waals surface area contributed by atoms with Crippen molar-refractivity contribution >= 4 is 11.4 Å². The Morgan fingerprint density at radius 1 is 1.53 bits per heavy atom. The van der Waals surface area contributed by atoms with Crippen molar-refractivity contribution in [3.63, 3.8) is 0 Å². The maximum Gasteiger partial charge on any atom is 0.269 e. The molecule has 2 aromatic rings. The van der Waals surface area contributed by atoms with Gasteiger partial charge in [0.05, 0.1) is 17.2 Å². The van der Waals surface area contributed by atoms with E-state index >= 15 is 0 Å². The summed E-state index contributed by atoms with van der Waals surface area (Å²) in [7, 11) is 0. The number of aromatic nitrogens is 2. The molecular formula is C10H11N5O2. The minimum atomic E-state index is -0.438. The van der Waals surface area contributed by atoms with Gasteiger partial charge in [-0.1, -0.05) is 0 Å². The number of nitro groups is 1. The zero-order chi connectivity index (χ0) is 12.3. The molecule has 1 aromatic carbocycles. The fourth-order valence-electron chi connectivity index (χ4n) is 1.53. The lowest BCUT2D eigenvalue weighted by atomic mass is 10.1. The van der Waals surface area contributed by atoms with E-state index < -0.39 is 4.92 Å². The van der Waals surface area contributed by atoms with Crippen LogP contribution < -0.4 is 11.3 Å². The van der Waals surface area contributed by atoms with Gasteiger partial charge < -0.3 is 5.43 Å². The van der Waals surface area contributed by atoms with Gasteiger partial charge in [0, 0.05) is 30.1 Å². The first kappa shape index (κ1) is 11.1. The summed E-state index contributed by atoms with van der Waals surface area (Å²) in [6, 6.07) is 6.25. The quantitative estimate of drug-likeness (QED) is 0.468. The van der Waals surface area contributed by atoms with Crippen LogP contribution in [0.2, 0.25) is 0 Å². The molecule has 0 atom stereocenters. The molecule has 0 amide bonds. The van der Waals surface area contributed by atoms with Gasteiger partial charge in [-0.05, 0) is 12.1 Å². The van der Waals surface area contributed by atoms with E-state index in [2.05, 4.69) is 10.5 Å². The van der Waals surface area contributed by atoms with E-state index in [1.165, 1.54) is 12.1 Å². The van der Waals surface area contributed by atoms with E-state index in [0.717, 1.165) is 0 Å². The van der Waals surface area contributed by atoms with Gasteiger partial charge in [0.2, 0.25) is 0 Å². The number of non-ortho nitro benzene ring substituents is 1. The first-order chi connectivity index (χ1) is 8.20. The smallest absolute Gasteiger partial charge is 0.269 e. The lowest BCUT2D eigenvalue weighted by molar-refractivity contribution is -0.384. The van der Waals surface area contributed by atoms with Gasteiger partial charge in [0.1, 0.15) is 0 Å². The Labute approximate surface area is 97.0 Å². The Morgan fingerprint density at radius 3 is 2.94 bits per heavy atom. The minimum absolute atomic E-state index is 0.0335. The molecule has 0 spiro atoms. The zero-order valence-corrected chi connectivity index (χ0v) is 8.91. The first-order valence-electron chi connectivity index (χ1n) is 4.92. The number of hydrogen-bond donors (Lipinski definition) is 2. The summed E-state index contributed by atoms with van der Waals surface area (Å²) >= 11 is 0. The molecule has 0 fully saturated rings. The molecule has 88 valence electrons. The van der Waals surface area contributed by atoms with Crippen LogP contribution in [-0.4, -0.2) is 14.7 Å². The number of nitrogens with one attached hydrogen (secondary N) is 1. The third kappa shape index (κ3) is 2.40. The first-order valence-corrected chi connectivity index (χ1v) is 4.92. The summed E-state index contributed by atoms with van der Waals surface area (Å²) in [5.41, 5.74) is 3.90. The van der Waals surface area contributed by atoms with Crippen LogP contribution in [0, 0.1) is 10.1 Å². The minimum Gasteiger partial charge on any atom is -0.324 e. The summed E-state index contributed by atoms with van der Waals surface area (Å²) < 4.78 is 1.67.